The van der Waals surface area contributed by atoms with Crippen LogP contribution in [0.1, 0.15) is 20.8 Å². The summed E-state index contributed by atoms with van der Waals surface area (Å²) >= 11 is 0. The van der Waals surface area contributed by atoms with Crippen molar-refractivity contribution in [3.8, 4) is 11.1 Å². The Bertz CT molecular complexity index is 1060. The van der Waals surface area contributed by atoms with Gasteiger partial charge in [-0.3, -0.25) is 4.79 Å². The van der Waals surface area contributed by atoms with E-state index in [0.717, 1.165) is 6.20 Å². The molecule has 0 unspecified atom stereocenters. The van der Waals surface area contributed by atoms with Crippen molar-refractivity contribution in [3.05, 3.63) is 47.8 Å². The highest BCUT2D eigenvalue weighted by Gasteiger charge is 2.20. The van der Waals surface area contributed by atoms with E-state index in [1.54, 1.807) is 4.90 Å². The predicted molar refractivity (Wildman–Crippen MR) is 100 cm³/mol. The average molecular weight is 420 g/mol. The number of hydrogen-bond donors (Lipinski definition) is 3. The minimum Gasteiger partial charge on any atom is -0.543 e. The average Bonchev–Trinajstić information content (AvgIpc) is 3.28. The summed E-state index contributed by atoms with van der Waals surface area (Å²) in [6.07, 6.45) is 1.02. The lowest BCUT2D eigenvalue weighted by molar-refractivity contribution is -0.255. The van der Waals surface area contributed by atoms with E-state index in [0.29, 0.717) is 34.7 Å². The smallest absolute Gasteiger partial charge is 0.317 e. The van der Waals surface area contributed by atoms with Gasteiger partial charge in [0.25, 0.3) is 5.91 Å². The quantitative estimate of drug-likeness (QED) is 0.484. The standard InChI is InChI=1S/C17H19N5O6S/c18-29(27,28)22-8-5-13(14(22)16(24)25)11-1-3-12(4-2-11)15(23)19-6-9-21-10-7-20-17(21)26/h1-5,8H,6-7,9-10H2,(H,19,23)(H,20,26)(H,24,25)(H2,18,27,28)/p-1. The fourth-order valence-electron chi connectivity index (χ4n) is 2.99. The number of carboxylic acid groups (broad SMARTS) is 1. The van der Waals surface area contributed by atoms with E-state index in [-0.39, 0.29) is 24.0 Å². The number of nitrogens with two attached hydrogens (primary N) is 1. The summed E-state index contributed by atoms with van der Waals surface area (Å²) in [6, 6.07) is 7.03. The second-order valence-electron chi connectivity index (χ2n) is 6.26. The Labute approximate surface area is 166 Å². The van der Waals surface area contributed by atoms with Crippen molar-refractivity contribution in [2.75, 3.05) is 26.2 Å². The fraction of sp³-hybridized carbons (Fsp3) is 0.235. The van der Waals surface area contributed by atoms with Gasteiger partial charge in [0.1, 0.15) is 0 Å². The molecule has 0 saturated carbocycles. The molecule has 0 aliphatic carbocycles. The fourth-order valence-corrected chi connectivity index (χ4v) is 3.65. The van der Waals surface area contributed by atoms with Gasteiger partial charge in [0.05, 0.1) is 11.7 Å². The van der Waals surface area contributed by atoms with Gasteiger partial charge in [0.15, 0.2) is 0 Å². The lowest BCUT2D eigenvalue weighted by atomic mass is 10.0. The summed E-state index contributed by atoms with van der Waals surface area (Å²) in [5.41, 5.74) is 0.178. The van der Waals surface area contributed by atoms with E-state index in [1.165, 1.54) is 30.3 Å². The first kappa shape index (κ1) is 20.4. The van der Waals surface area contributed by atoms with E-state index >= 15 is 0 Å². The molecule has 29 heavy (non-hydrogen) atoms. The van der Waals surface area contributed by atoms with Crippen LogP contribution in [0.15, 0.2) is 36.5 Å². The summed E-state index contributed by atoms with van der Waals surface area (Å²) < 4.78 is 23.5. The van der Waals surface area contributed by atoms with Crippen LogP contribution < -0.4 is 20.9 Å². The summed E-state index contributed by atoms with van der Waals surface area (Å²) in [5, 5.41) is 21.8. The van der Waals surface area contributed by atoms with Crippen molar-refractivity contribution in [1.82, 2.24) is 19.5 Å². The van der Waals surface area contributed by atoms with Crippen LogP contribution in [0, 0.1) is 0 Å². The van der Waals surface area contributed by atoms with Crippen LogP contribution in [-0.2, 0) is 10.2 Å². The van der Waals surface area contributed by atoms with Crippen LogP contribution in [0.5, 0.6) is 0 Å². The molecule has 11 nitrogen and oxygen atoms in total. The van der Waals surface area contributed by atoms with E-state index in [1.807, 2.05) is 0 Å². The zero-order valence-corrected chi connectivity index (χ0v) is 15.9. The molecule has 2 aromatic rings. The van der Waals surface area contributed by atoms with Crippen molar-refractivity contribution in [2.24, 2.45) is 5.14 Å². The second-order valence-corrected chi connectivity index (χ2v) is 7.68. The zero-order valence-electron chi connectivity index (χ0n) is 15.1. The third-order valence-corrected chi connectivity index (χ3v) is 5.24. The third-order valence-electron chi connectivity index (χ3n) is 4.39. The monoisotopic (exact) mass is 420 g/mol. The Balaban J connectivity index is 1.72. The lowest BCUT2D eigenvalue weighted by Gasteiger charge is -2.14. The van der Waals surface area contributed by atoms with Gasteiger partial charge in [-0.1, -0.05) is 12.1 Å². The number of hydrogen-bond acceptors (Lipinski definition) is 6. The highest BCUT2D eigenvalue weighted by atomic mass is 32.2. The van der Waals surface area contributed by atoms with Gasteiger partial charge >= 0.3 is 16.2 Å². The molecule has 1 aromatic carbocycles. The number of amides is 3. The molecule has 3 rings (SSSR count). The Morgan fingerprint density at radius 1 is 1.21 bits per heavy atom. The maximum absolute atomic E-state index is 12.2. The molecule has 1 aliphatic rings. The zero-order chi connectivity index (χ0) is 21.2. The molecule has 3 amide bonds. The van der Waals surface area contributed by atoms with Crippen molar-refractivity contribution < 1.29 is 27.9 Å². The van der Waals surface area contributed by atoms with Crippen molar-refractivity contribution in [1.29, 1.82) is 0 Å². The number of carbonyl (C=O) groups is 3. The molecule has 1 fully saturated rings. The highest BCUT2D eigenvalue weighted by Crippen LogP contribution is 2.25. The minimum atomic E-state index is -4.31. The van der Waals surface area contributed by atoms with E-state index in [2.05, 4.69) is 10.6 Å². The van der Waals surface area contributed by atoms with E-state index in [4.69, 9.17) is 5.14 Å². The van der Waals surface area contributed by atoms with Crippen molar-refractivity contribution in [3.63, 3.8) is 0 Å². The van der Waals surface area contributed by atoms with Gasteiger partial charge in [-0.2, -0.15) is 8.42 Å². The van der Waals surface area contributed by atoms with Gasteiger partial charge in [0, 0.05) is 43.5 Å². The largest absolute Gasteiger partial charge is 0.543 e. The molecule has 2 heterocycles. The molecule has 0 spiro atoms. The first-order chi connectivity index (χ1) is 13.7. The minimum absolute atomic E-state index is 0.0889. The maximum atomic E-state index is 12.2. The Morgan fingerprint density at radius 2 is 1.90 bits per heavy atom. The first-order valence-corrected chi connectivity index (χ1v) is 10.1. The molecular weight excluding hydrogens is 402 g/mol. The molecular formula is C17H18N5O6S-. The molecule has 12 heteroatoms. The first-order valence-electron chi connectivity index (χ1n) is 8.56. The number of aromatic nitrogens is 1. The highest BCUT2D eigenvalue weighted by molar-refractivity contribution is 7.87. The Morgan fingerprint density at radius 3 is 2.45 bits per heavy atom. The summed E-state index contributed by atoms with van der Waals surface area (Å²) in [6.45, 7) is 1.82. The van der Waals surface area contributed by atoms with Crippen molar-refractivity contribution in [2.45, 2.75) is 0 Å². The van der Waals surface area contributed by atoms with Gasteiger partial charge in [-0.05, 0) is 23.8 Å². The second kappa shape index (κ2) is 7.93. The molecule has 154 valence electrons. The molecule has 0 radical (unpaired) electrons. The van der Waals surface area contributed by atoms with Gasteiger partial charge in [-0.15, -0.1) is 0 Å². The van der Waals surface area contributed by atoms with Gasteiger partial charge in [0.2, 0.25) is 0 Å². The van der Waals surface area contributed by atoms with Crippen molar-refractivity contribution >= 4 is 28.1 Å². The molecule has 1 saturated heterocycles. The normalized spacial score (nSPS) is 14.0. The third kappa shape index (κ3) is 4.38. The van der Waals surface area contributed by atoms with Crippen LogP contribution in [0.25, 0.3) is 11.1 Å². The predicted octanol–water partition coefficient (Wildman–Crippen LogP) is -1.67. The number of aromatic carboxylic acids is 1. The number of urea groups is 1. The van der Waals surface area contributed by atoms with Crippen LogP contribution in [0.3, 0.4) is 0 Å². The molecule has 0 atom stereocenters. The molecule has 1 aliphatic heterocycles. The Kier molecular flexibility index (Phi) is 5.57. The number of carbonyl (C=O) groups excluding carboxylic acids is 3. The summed E-state index contributed by atoms with van der Waals surface area (Å²) in [4.78, 5) is 36.6. The van der Waals surface area contributed by atoms with Gasteiger partial charge in [-0.25, -0.2) is 13.9 Å². The van der Waals surface area contributed by atoms with E-state index in [9.17, 15) is 27.9 Å². The summed E-state index contributed by atoms with van der Waals surface area (Å²) in [5.74, 6) is -2.06. The molecule has 0 bridgehead atoms. The van der Waals surface area contributed by atoms with Gasteiger partial charge < -0.3 is 25.4 Å². The number of nitrogens with one attached hydrogen (secondary N) is 2. The van der Waals surface area contributed by atoms with Crippen LogP contribution in [0.4, 0.5) is 4.79 Å². The number of benzene rings is 1. The number of rotatable bonds is 7. The SMILES string of the molecule is NS(=O)(=O)n1ccc(-c2ccc(C(=O)NCCN3CCNC3=O)cc2)c1C(=O)[O-]. The maximum Gasteiger partial charge on any atom is 0.317 e. The topological polar surface area (TPSA) is 167 Å². The molecule has 1 aromatic heterocycles. The van der Waals surface area contributed by atoms with Crippen LogP contribution in [-0.4, -0.2) is 61.4 Å². The number of nitrogens with zero attached hydrogens (tertiary/aromatic N) is 2. The Hall–Kier alpha value is -3.38. The van der Waals surface area contributed by atoms with E-state index < -0.39 is 21.9 Å². The summed E-state index contributed by atoms with van der Waals surface area (Å²) in [7, 11) is -4.31. The van der Waals surface area contributed by atoms with Crippen LogP contribution in [0.2, 0.25) is 0 Å². The lowest BCUT2D eigenvalue weighted by Crippen LogP contribution is -2.36. The molecule has 4 N–H and O–H groups in total. The number of carboxylic acids is 1. The van der Waals surface area contributed by atoms with Crippen LogP contribution >= 0.6 is 0 Å².